The van der Waals surface area contributed by atoms with Gasteiger partial charge in [-0.3, -0.25) is 4.98 Å². The Hall–Kier alpha value is -2.40. The largest absolute Gasteiger partial charge is 0.381 e. The van der Waals surface area contributed by atoms with Crippen LogP contribution in [0.25, 0.3) is 0 Å². The number of carbonyl (C=O) groups is 1. The molecular weight excluding hydrogens is 338 g/mol. The molecule has 1 aliphatic rings. The van der Waals surface area contributed by atoms with Crippen LogP contribution < -0.4 is 10.6 Å². The van der Waals surface area contributed by atoms with Gasteiger partial charge >= 0.3 is 6.03 Å². The normalized spacial score (nSPS) is 16.6. The number of nitrogens with zero attached hydrogens (tertiary/aromatic N) is 1. The summed E-state index contributed by atoms with van der Waals surface area (Å²) in [6.45, 7) is 8.00. The van der Waals surface area contributed by atoms with Crippen LogP contribution in [0.2, 0.25) is 0 Å². The van der Waals surface area contributed by atoms with Gasteiger partial charge in [0.05, 0.1) is 6.04 Å². The van der Waals surface area contributed by atoms with Crippen molar-refractivity contribution in [1.82, 2.24) is 10.3 Å². The van der Waals surface area contributed by atoms with E-state index in [1.807, 2.05) is 30.5 Å². The molecule has 27 heavy (non-hydrogen) atoms. The minimum absolute atomic E-state index is 0.0727. The van der Waals surface area contributed by atoms with Crippen LogP contribution in [0.5, 0.6) is 0 Å². The van der Waals surface area contributed by atoms with E-state index in [9.17, 15) is 4.79 Å². The van der Waals surface area contributed by atoms with E-state index in [2.05, 4.69) is 48.5 Å². The average Bonchev–Trinajstić information content (AvgIpc) is 2.67. The van der Waals surface area contributed by atoms with E-state index in [1.54, 1.807) is 6.20 Å². The first-order valence-corrected chi connectivity index (χ1v) is 9.59. The summed E-state index contributed by atoms with van der Waals surface area (Å²) in [5.41, 5.74) is 3.15. The predicted octanol–water partition coefficient (Wildman–Crippen LogP) is 4.67. The quantitative estimate of drug-likeness (QED) is 0.825. The van der Waals surface area contributed by atoms with Gasteiger partial charge in [-0.15, -0.1) is 0 Å². The third-order valence-electron chi connectivity index (χ3n) is 5.08. The molecule has 1 saturated heterocycles. The molecule has 2 aromatic rings. The third kappa shape index (κ3) is 5.30. The molecular formula is C22H29N3O2. The molecule has 1 aromatic carbocycles. The monoisotopic (exact) mass is 367 g/mol. The fourth-order valence-electron chi connectivity index (χ4n) is 3.44. The predicted molar refractivity (Wildman–Crippen MR) is 108 cm³/mol. The molecule has 5 heteroatoms. The van der Waals surface area contributed by atoms with Gasteiger partial charge in [0.1, 0.15) is 0 Å². The van der Waals surface area contributed by atoms with Gasteiger partial charge in [0.15, 0.2) is 0 Å². The lowest BCUT2D eigenvalue weighted by Crippen LogP contribution is -2.38. The lowest BCUT2D eigenvalue weighted by molar-refractivity contribution is 0.0550. The third-order valence-corrected chi connectivity index (χ3v) is 5.08. The summed E-state index contributed by atoms with van der Waals surface area (Å²) >= 11 is 0. The van der Waals surface area contributed by atoms with Crippen LogP contribution in [0, 0.1) is 5.92 Å². The van der Waals surface area contributed by atoms with Gasteiger partial charge in [0.2, 0.25) is 0 Å². The summed E-state index contributed by atoms with van der Waals surface area (Å²) in [6.07, 6.45) is 5.44. The molecule has 1 aromatic heterocycles. The van der Waals surface area contributed by atoms with E-state index in [0.717, 1.165) is 37.3 Å². The Balaban J connectivity index is 1.69. The highest BCUT2D eigenvalue weighted by Gasteiger charge is 2.27. The molecule has 0 spiro atoms. The van der Waals surface area contributed by atoms with Crippen molar-refractivity contribution >= 4 is 11.7 Å². The number of hydrogen-bond donors (Lipinski definition) is 2. The van der Waals surface area contributed by atoms with Crippen LogP contribution in [0.4, 0.5) is 10.5 Å². The van der Waals surface area contributed by atoms with Gasteiger partial charge in [-0.05, 0) is 53.5 Å². The van der Waals surface area contributed by atoms with Crippen molar-refractivity contribution in [1.29, 1.82) is 0 Å². The molecule has 0 radical (unpaired) electrons. The number of anilines is 1. The van der Waals surface area contributed by atoms with Gasteiger partial charge in [0.25, 0.3) is 0 Å². The van der Waals surface area contributed by atoms with Crippen molar-refractivity contribution in [2.24, 2.45) is 5.92 Å². The fourth-order valence-corrected chi connectivity index (χ4v) is 3.44. The number of pyridine rings is 1. The van der Waals surface area contributed by atoms with Crippen molar-refractivity contribution < 1.29 is 9.53 Å². The van der Waals surface area contributed by atoms with Gasteiger partial charge in [-0.2, -0.15) is 0 Å². The zero-order valence-electron chi connectivity index (χ0n) is 16.4. The summed E-state index contributed by atoms with van der Waals surface area (Å²) in [5, 5.41) is 6.11. The number of amides is 2. The van der Waals surface area contributed by atoms with E-state index >= 15 is 0 Å². The Bertz CT molecular complexity index is 732. The van der Waals surface area contributed by atoms with Crippen molar-refractivity contribution in [3.8, 4) is 0 Å². The van der Waals surface area contributed by atoms with Crippen LogP contribution in [0.15, 0.2) is 48.8 Å². The second-order valence-corrected chi connectivity index (χ2v) is 8.14. The minimum Gasteiger partial charge on any atom is -0.381 e. The number of aromatic nitrogens is 1. The lowest BCUT2D eigenvalue weighted by atomic mass is 9.87. The highest BCUT2D eigenvalue weighted by molar-refractivity contribution is 5.89. The van der Waals surface area contributed by atoms with Crippen LogP contribution >= 0.6 is 0 Å². The van der Waals surface area contributed by atoms with Crippen molar-refractivity contribution in [3.63, 3.8) is 0 Å². The van der Waals surface area contributed by atoms with Crippen LogP contribution in [-0.2, 0) is 10.2 Å². The summed E-state index contributed by atoms with van der Waals surface area (Å²) in [5.74, 6) is 0.344. The Labute approximate surface area is 161 Å². The van der Waals surface area contributed by atoms with Crippen molar-refractivity contribution in [2.45, 2.75) is 45.1 Å². The zero-order valence-corrected chi connectivity index (χ0v) is 16.4. The number of benzene rings is 1. The number of urea groups is 1. The Morgan fingerprint density at radius 1 is 1.15 bits per heavy atom. The molecule has 1 atom stereocenters. The summed E-state index contributed by atoms with van der Waals surface area (Å²) < 4.78 is 5.48. The first kappa shape index (κ1) is 19.4. The number of hydrogen-bond acceptors (Lipinski definition) is 3. The molecule has 3 rings (SSSR count). The molecule has 0 saturated carbocycles. The average molecular weight is 367 g/mol. The van der Waals surface area contributed by atoms with Gasteiger partial charge in [0, 0.05) is 31.3 Å². The first-order chi connectivity index (χ1) is 12.9. The Morgan fingerprint density at radius 2 is 1.85 bits per heavy atom. The van der Waals surface area contributed by atoms with Gasteiger partial charge < -0.3 is 15.4 Å². The molecule has 0 bridgehead atoms. The van der Waals surface area contributed by atoms with E-state index in [1.165, 1.54) is 5.56 Å². The summed E-state index contributed by atoms with van der Waals surface area (Å²) in [7, 11) is 0. The first-order valence-electron chi connectivity index (χ1n) is 9.59. The highest BCUT2D eigenvalue weighted by atomic mass is 16.5. The van der Waals surface area contributed by atoms with Gasteiger partial charge in [-0.25, -0.2) is 4.79 Å². The van der Waals surface area contributed by atoms with Crippen LogP contribution in [0.3, 0.4) is 0 Å². The maximum atomic E-state index is 12.6. The summed E-state index contributed by atoms with van der Waals surface area (Å²) in [6, 6.07) is 11.7. The molecule has 2 heterocycles. The Morgan fingerprint density at radius 3 is 2.44 bits per heavy atom. The molecule has 5 nitrogen and oxygen atoms in total. The second kappa shape index (κ2) is 8.53. The topological polar surface area (TPSA) is 63.2 Å². The van der Waals surface area contributed by atoms with Crippen LogP contribution in [-0.4, -0.2) is 24.2 Å². The molecule has 2 N–H and O–H groups in total. The maximum absolute atomic E-state index is 12.6. The van der Waals surface area contributed by atoms with Crippen molar-refractivity contribution in [3.05, 3.63) is 59.9 Å². The van der Waals surface area contributed by atoms with E-state index in [-0.39, 0.29) is 17.5 Å². The molecule has 144 valence electrons. The van der Waals surface area contributed by atoms with Gasteiger partial charge in [-0.1, -0.05) is 39.0 Å². The molecule has 1 unspecified atom stereocenters. The number of ether oxygens (including phenoxy) is 1. The molecule has 0 aliphatic carbocycles. The molecule has 2 amide bonds. The highest BCUT2D eigenvalue weighted by Crippen LogP contribution is 2.30. The maximum Gasteiger partial charge on any atom is 0.319 e. The minimum atomic E-state index is -0.196. The lowest BCUT2D eigenvalue weighted by Gasteiger charge is -2.31. The molecule has 1 fully saturated rings. The number of rotatable bonds is 4. The Kier molecular flexibility index (Phi) is 6.11. The standard InChI is InChI=1S/C22H29N3O2/c1-22(2,3)18-6-8-19(9-7-18)24-21(26)25-20(16-10-13-27-14-11-16)17-5-4-12-23-15-17/h4-9,12,15-16,20H,10-11,13-14H2,1-3H3,(H2,24,25,26). The van der Waals surface area contributed by atoms with E-state index in [4.69, 9.17) is 4.74 Å². The second-order valence-electron chi connectivity index (χ2n) is 8.14. The number of carbonyl (C=O) groups excluding carboxylic acids is 1. The molecule has 1 aliphatic heterocycles. The fraction of sp³-hybridized carbons (Fsp3) is 0.455. The number of nitrogens with one attached hydrogen (secondary N) is 2. The van der Waals surface area contributed by atoms with Crippen LogP contribution in [0.1, 0.15) is 50.8 Å². The smallest absolute Gasteiger partial charge is 0.319 e. The van der Waals surface area contributed by atoms with Crippen molar-refractivity contribution in [2.75, 3.05) is 18.5 Å². The van der Waals surface area contributed by atoms with E-state index < -0.39 is 0 Å². The zero-order chi connectivity index (χ0) is 19.3. The van der Waals surface area contributed by atoms with E-state index in [0.29, 0.717) is 5.92 Å². The SMILES string of the molecule is CC(C)(C)c1ccc(NC(=O)NC(c2cccnc2)C2CCOCC2)cc1. The summed E-state index contributed by atoms with van der Waals surface area (Å²) in [4.78, 5) is 16.9.